The Morgan fingerprint density at radius 1 is 1.08 bits per heavy atom. The number of benzene rings is 1. The second-order valence-electron chi connectivity index (χ2n) is 6.23. The summed E-state index contributed by atoms with van der Waals surface area (Å²) < 4.78 is 1.67. The summed E-state index contributed by atoms with van der Waals surface area (Å²) in [4.78, 5) is 29.4. The molecule has 3 rings (SSSR count). The molecule has 0 bridgehead atoms. The van der Waals surface area contributed by atoms with Gasteiger partial charge in [0, 0.05) is 31.0 Å². The van der Waals surface area contributed by atoms with Crippen LogP contribution in [-0.4, -0.2) is 33.6 Å². The zero-order valence-corrected chi connectivity index (χ0v) is 15.5. The predicted octanol–water partition coefficient (Wildman–Crippen LogP) is 2.51. The minimum absolute atomic E-state index is 0.191. The van der Waals surface area contributed by atoms with E-state index in [0.29, 0.717) is 28.0 Å². The van der Waals surface area contributed by atoms with E-state index < -0.39 is 0 Å². The van der Waals surface area contributed by atoms with Crippen LogP contribution in [0.5, 0.6) is 0 Å². The van der Waals surface area contributed by atoms with Gasteiger partial charge in [-0.15, -0.1) is 0 Å². The molecule has 2 N–H and O–H groups in total. The summed E-state index contributed by atoms with van der Waals surface area (Å²) in [7, 11) is 3.38. The van der Waals surface area contributed by atoms with Crippen molar-refractivity contribution < 1.29 is 9.59 Å². The molecule has 0 fully saturated rings. The molecule has 0 radical (unpaired) electrons. The van der Waals surface area contributed by atoms with Crippen LogP contribution in [0.3, 0.4) is 0 Å². The maximum absolute atomic E-state index is 13.0. The average Bonchev–Trinajstić information content (AvgIpc) is 2.89. The number of aromatic nitrogens is 3. The fourth-order valence-corrected chi connectivity index (χ4v) is 3.09. The van der Waals surface area contributed by atoms with Crippen LogP contribution in [0, 0.1) is 20.8 Å². The third-order valence-electron chi connectivity index (χ3n) is 4.40. The second kappa shape index (κ2) is 6.59. The number of hydrogen-bond acceptors (Lipinski definition) is 4. The van der Waals surface area contributed by atoms with Crippen LogP contribution in [0.25, 0.3) is 11.0 Å². The number of pyridine rings is 1. The highest BCUT2D eigenvalue weighted by Gasteiger charge is 2.19. The van der Waals surface area contributed by atoms with E-state index in [2.05, 4.69) is 20.7 Å². The molecule has 0 saturated carbocycles. The van der Waals surface area contributed by atoms with Gasteiger partial charge in [0.05, 0.1) is 16.6 Å². The monoisotopic (exact) mass is 351 g/mol. The van der Waals surface area contributed by atoms with Crippen molar-refractivity contribution in [3.63, 3.8) is 0 Å². The van der Waals surface area contributed by atoms with Crippen LogP contribution in [0.15, 0.2) is 24.3 Å². The maximum atomic E-state index is 13.0. The van der Waals surface area contributed by atoms with Crippen LogP contribution < -0.4 is 10.6 Å². The minimum Gasteiger partial charge on any atom is -0.355 e. The van der Waals surface area contributed by atoms with E-state index in [4.69, 9.17) is 0 Å². The van der Waals surface area contributed by atoms with Gasteiger partial charge in [-0.2, -0.15) is 5.10 Å². The molecular formula is C19H21N5O2. The lowest BCUT2D eigenvalue weighted by Gasteiger charge is -2.12. The maximum Gasteiger partial charge on any atom is 0.256 e. The largest absolute Gasteiger partial charge is 0.355 e. The SMILES string of the molecule is CNC(=O)c1cccc(NC(=O)c2cc(C)nc3c2c(C)nn3C)c1C. The fourth-order valence-electron chi connectivity index (χ4n) is 3.09. The van der Waals surface area contributed by atoms with Gasteiger partial charge in [-0.25, -0.2) is 4.98 Å². The molecule has 0 saturated heterocycles. The summed E-state index contributed by atoms with van der Waals surface area (Å²) in [5, 5.41) is 10.6. The van der Waals surface area contributed by atoms with Gasteiger partial charge in [-0.05, 0) is 44.5 Å². The summed E-state index contributed by atoms with van der Waals surface area (Å²) in [6, 6.07) is 7.01. The molecule has 7 heteroatoms. The summed E-state index contributed by atoms with van der Waals surface area (Å²) in [6.45, 7) is 5.51. The summed E-state index contributed by atoms with van der Waals surface area (Å²) in [5.41, 5.74) is 4.51. The second-order valence-corrected chi connectivity index (χ2v) is 6.23. The van der Waals surface area contributed by atoms with Gasteiger partial charge in [-0.1, -0.05) is 6.07 Å². The molecule has 0 aliphatic carbocycles. The molecule has 0 atom stereocenters. The Labute approximate surface area is 151 Å². The third kappa shape index (κ3) is 2.92. The van der Waals surface area contributed by atoms with Crippen molar-refractivity contribution in [2.24, 2.45) is 7.05 Å². The summed E-state index contributed by atoms with van der Waals surface area (Å²) in [5.74, 6) is -0.447. The number of fused-ring (bicyclic) bond motifs is 1. The van der Waals surface area contributed by atoms with Gasteiger partial charge in [-0.3, -0.25) is 14.3 Å². The first kappa shape index (κ1) is 17.6. The lowest BCUT2D eigenvalue weighted by molar-refractivity contribution is 0.0961. The Morgan fingerprint density at radius 3 is 2.50 bits per heavy atom. The first-order chi connectivity index (χ1) is 12.3. The number of aryl methyl sites for hydroxylation is 3. The molecule has 0 unspecified atom stereocenters. The van der Waals surface area contributed by atoms with Gasteiger partial charge in [0.1, 0.15) is 0 Å². The van der Waals surface area contributed by atoms with Crippen molar-refractivity contribution in [3.05, 3.63) is 52.3 Å². The van der Waals surface area contributed by atoms with Gasteiger partial charge < -0.3 is 10.6 Å². The number of anilines is 1. The van der Waals surface area contributed by atoms with E-state index in [-0.39, 0.29) is 11.8 Å². The molecule has 7 nitrogen and oxygen atoms in total. The Morgan fingerprint density at radius 2 is 1.81 bits per heavy atom. The first-order valence-electron chi connectivity index (χ1n) is 8.27. The summed E-state index contributed by atoms with van der Waals surface area (Å²) in [6.07, 6.45) is 0. The Balaban J connectivity index is 2.05. The standard InChI is InChI=1S/C19H21N5O2/c1-10-9-14(16-12(3)23-24(5)17(16)21-10)19(26)22-15-8-6-7-13(11(15)2)18(25)20-4/h6-9H,1-5H3,(H,20,25)(H,22,26). The highest BCUT2D eigenvalue weighted by molar-refractivity contribution is 6.13. The lowest BCUT2D eigenvalue weighted by Crippen LogP contribution is -2.20. The molecule has 0 aliphatic rings. The molecule has 1 aromatic carbocycles. The van der Waals surface area contributed by atoms with Crippen molar-refractivity contribution in [1.82, 2.24) is 20.1 Å². The molecule has 2 aromatic heterocycles. The third-order valence-corrected chi connectivity index (χ3v) is 4.40. The number of rotatable bonds is 3. The van der Waals surface area contributed by atoms with Crippen LogP contribution in [0.2, 0.25) is 0 Å². The topological polar surface area (TPSA) is 88.9 Å². The smallest absolute Gasteiger partial charge is 0.256 e. The van der Waals surface area contributed by atoms with E-state index in [0.717, 1.165) is 16.8 Å². The molecule has 2 heterocycles. The molecule has 134 valence electrons. The van der Waals surface area contributed by atoms with Gasteiger partial charge in [0.2, 0.25) is 0 Å². The molecule has 26 heavy (non-hydrogen) atoms. The number of carbonyl (C=O) groups excluding carboxylic acids is 2. The molecule has 0 aliphatic heterocycles. The van der Waals surface area contributed by atoms with Crippen molar-refractivity contribution >= 4 is 28.5 Å². The van der Waals surface area contributed by atoms with Crippen molar-refractivity contribution in [2.75, 3.05) is 12.4 Å². The first-order valence-corrected chi connectivity index (χ1v) is 8.27. The highest BCUT2D eigenvalue weighted by Crippen LogP contribution is 2.24. The fraction of sp³-hybridized carbons (Fsp3) is 0.263. The Bertz CT molecular complexity index is 1040. The van der Waals surface area contributed by atoms with Crippen molar-refractivity contribution in [2.45, 2.75) is 20.8 Å². The van der Waals surface area contributed by atoms with E-state index >= 15 is 0 Å². The number of nitrogens with one attached hydrogen (secondary N) is 2. The van der Waals surface area contributed by atoms with Crippen LogP contribution in [0.4, 0.5) is 5.69 Å². The molecule has 0 spiro atoms. The zero-order chi connectivity index (χ0) is 19.0. The minimum atomic E-state index is -0.256. The molecule has 3 aromatic rings. The lowest BCUT2D eigenvalue weighted by atomic mass is 10.0. The molecule has 2 amide bonds. The number of nitrogens with zero attached hydrogens (tertiary/aromatic N) is 3. The van der Waals surface area contributed by atoms with E-state index in [1.54, 1.807) is 43.0 Å². The number of carbonyl (C=O) groups is 2. The van der Waals surface area contributed by atoms with Gasteiger partial charge in [0.15, 0.2) is 5.65 Å². The zero-order valence-electron chi connectivity index (χ0n) is 15.5. The van der Waals surface area contributed by atoms with E-state index in [1.807, 2.05) is 20.8 Å². The Hall–Kier alpha value is -3.22. The van der Waals surface area contributed by atoms with E-state index in [9.17, 15) is 9.59 Å². The quantitative estimate of drug-likeness (QED) is 0.759. The van der Waals surface area contributed by atoms with Crippen molar-refractivity contribution in [3.8, 4) is 0 Å². The normalized spacial score (nSPS) is 10.8. The van der Waals surface area contributed by atoms with Crippen LogP contribution in [0.1, 0.15) is 37.7 Å². The van der Waals surface area contributed by atoms with Gasteiger partial charge >= 0.3 is 0 Å². The van der Waals surface area contributed by atoms with Crippen LogP contribution in [-0.2, 0) is 7.05 Å². The van der Waals surface area contributed by atoms with Gasteiger partial charge in [0.25, 0.3) is 11.8 Å². The van der Waals surface area contributed by atoms with Crippen LogP contribution >= 0.6 is 0 Å². The number of hydrogen-bond donors (Lipinski definition) is 2. The Kier molecular flexibility index (Phi) is 4.46. The predicted molar refractivity (Wildman–Crippen MR) is 101 cm³/mol. The van der Waals surface area contributed by atoms with Crippen molar-refractivity contribution in [1.29, 1.82) is 0 Å². The van der Waals surface area contributed by atoms with E-state index in [1.165, 1.54) is 0 Å². The highest BCUT2D eigenvalue weighted by atomic mass is 16.2. The molecular weight excluding hydrogens is 330 g/mol. The average molecular weight is 351 g/mol. The number of amides is 2. The summed E-state index contributed by atoms with van der Waals surface area (Å²) >= 11 is 0.